The van der Waals surface area contributed by atoms with Crippen LogP contribution in [0.4, 0.5) is 5.69 Å². The third-order valence-electron chi connectivity index (χ3n) is 4.78. The van der Waals surface area contributed by atoms with Crippen molar-refractivity contribution in [3.05, 3.63) is 48.5 Å². The second-order valence-corrected chi connectivity index (χ2v) is 11.0. The third kappa shape index (κ3) is 5.66. The van der Waals surface area contributed by atoms with E-state index in [2.05, 4.69) is 23.7 Å². The molecule has 166 valence electrons. The molecule has 0 bridgehead atoms. The zero-order valence-electron chi connectivity index (χ0n) is 18.2. The summed E-state index contributed by atoms with van der Waals surface area (Å²) in [5.41, 5.74) is 2.42. The number of para-hydroxylation sites is 2. The van der Waals surface area contributed by atoms with E-state index in [-0.39, 0.29) is 16.6 Å². The van der Waals surface area contributed by atoms with Crippen LogP contribution in [0.1, 0.15) is 20.3 Å². The molecule has 1 aromatic heterocycles. The molecule has 0 radical (unpaired) electrons. The molecule has 0 aliphatic carbocycles. The standard InChI is InChI=1S/C22H28N4O3S2/c1-16(2)12-13-26-20-11-6-5-10-19(20)24-22(26)30-15-21(27)23-17-8-7-9-18(14-17)31(28,29)25(3)4/h5-11,14,16H,12-13,15H2,1-4H3,(H,23,27). The average Bonchev–Trinajstić information content (AvgIpc) is 3.08. The minimum Gasteiger partial charge on any atom is -0.325 e. The van der Waals surface area contributed by atoms with E-state index < -0.39 is 10.0 Å². The number of benzene rings is 2. The van der Waals surface area contributed by atoms with Crippen LogP contribution in [0.2, 0.25) is 0 Å². The number of hydrogen-bond acceptors (Lipinski definition) is 5. The van der Waals surface area contributed by atoms with Crippen molar-refractivity contribution in [3.8, 4) is 0 Å². The summed E-state index contributed by atoms with van der Waals surface area (Å²) < 4.78 is 27.9. The van der Waals surface area contributed by atoms with Gasteiger partial charge in [-0.3, -0.25) is 4.79 Å². The van der Waals surface area contributed by atoms with Crippen molar-refractivity contribution in [1.82, 2.24) is 13.9 Å². The molecule has 3 rings (SSSR count). The molecule has 0 unspecified atom stereocenters. The van der Waals surface area contributed by atoms with Crippen LogP contribution in [0.25, 0.3) is 11.0 Å². The number of aryl methyl sites for hydroxylation is 1. The highest BCUT2D eigenvalue weighted by molar-refractivity contribution is 7.99. The first-order valence-electron chi connectivity index (χ1n) is 10.1. The topological polar surface area (TPSA) is 84.3 Å². The summed E-state index contributed by atoms with van der Waals surface area (Å²) in [6.45, 7) is 5.21. The number of amides is 1. The SMILES string of the molecule is CC(C)CCn1c(SCC(=O)Nc2cccc(S(=O)(=O)N(C)C)c2)nc2ccccc21. The molecule has 0 aliphatic rings. The van der Waals surface area contributed by atoms with Crippen molar-refractivity contribution >= 4 is 44.4 Å². The normalized spacial score (nSPS) is 12.1. The number of nitrogens with one attached hydrogen (secondary N) is 1. The first-order chi connectivity index (χ1) is 14.7. The lowest BCUT2D eigenvalue weighted by Crippen LogP contribution is -2.22. The minimum atomic E-state index is -3.56. The smallest absolute Gasteiger partial charge is 0.242 e. The molecule has 1 N–H and O–H groups in total. The molecule has 9 heteroatoms. The van der Waals surface area contributed by atoms with Gasteiger partial charge < -0.3 is 9.88 Å². The Morgan fingerprint density at radius 3 is 2.61 bits per heavy atom. The number of rotatable bonds is 9. The van der Waals surface area contributed by atoms with Crippen molar-refractivity contribution in [2.75, 3.05) is 25.2 Å². The number of anilines is 1. The van der Waals surface area contributed by atoms with E-state index in [9.17, 15) is 13.2 Å². The van der Waals surface area contributed by atoms with Crippen LogP contribution in [0.3, 0.4) is 0 Å². The Morgan fingerprint density at radius 1 is 1.16 bits per heavy atom. The van der Waals surface area contributed by atoms with Gasteiger partial charge in [-0.2, -0.15) is 0 Å². The summed E-state index contributed by atoms with van der Waals surface area (Å²) >= 11 is 1.38. The minimum absolute atomic E-state index is 0.137. The molecular formula is C22H28N4O3S2. The highest BCUT2D eigenvalue weighted by Gasteiger charge is 2.18. The summed E-state index contributed by atoms with van der Waals surface area (Å²) in [7, 11) is -0.611. The third-order valence-corrected chi connectivity index (χ3v) is 7.57. The maximum absolute atomic E-state index is 12.5. The predicted molar refractivity (Wildman–Crippen MR) is 126 cm³/mol. The Kier molecular flexibility index (Phi) is 7.40. The van der Waals surface area contributed by atoms with Crippen molar-refractivity contribution < 1.29 is 13.2 Å². The first-order valence-corrected chi connectivity index (χ1v) is 12.5. The van der Waals surface area contributed by atoms with Crippen LogP contribution >= 0.6 is 11.8 Å². The van der Waals surface area contributed by atoms with Gasteiger partial charge in [0.25, 0.3) is 0 Å². The molecule has 0 spiro atoms. The summed E-state index contributed by atoms with van der Waals surface area (Å²) in [5.74, 6) is 0.523. The van der Waals surface area contributed by atoms with Crippen molar-refractivity contribution in [1.29, 1.82) is 0 Å². The maximum atomic E-state index is 12.5. The van der Waals surface area contributed by atoms with Crippen LogP contribution in [-0.4, -0.2) is 48.0 Å². The van der Waals surface area contributed by atoms with Crippen LogP contribution in [0.15, 0.2) is 58.6 Å². The maximum Gasteiger partial charge on any atom is 0.242 e. The van der Waals surface area contributed by atoms with E-state index in [1.54, 1.807) is 12.1 Å². The van der Waals surface area contributed by atoms with E-state index >= 15 is 0 Å². The number of imidazole rings is 1. The first kappa shape index (κ1) is 23.3. The largest absolute Gasteiger partial charge is 0.325 e. The molecule has 7 nitrogen and oxygen atoms in total. The van der Waals surface area contributed by atoms with E-state index in [1.165, 1.54) is 38.0 Å². The summed E-state index contributed by atoms with van der Waals surface area (Å²) in [6, 6.07) is 14.2. The average molecular weight is 461 g/mol. The van der Waals surface area contributed by atoms with Gasteiger partial charge in [0, 0.05) is 26.3 Å². The van der Waals surface area contributed by atoms with Crippen LogP contribution in [0, 0.1) is 5.92 Å². The van der Waals surface area contributed by atoms with Crippen molar-refractivity contribution in [2.24, 2.45) is 5.92 Å². The summed E-state index contributed by atoms with van der Waals surface area (Å²) in [4.78, 5) is 17.4. The van der Waals surface area contributed by atoms with Gasteiger partial charge in [-0.05, 0) is 42.7 Å². The molecule has 3 aromatic rings. The second kappa shape index (κ2) is 9.84. The Labute approximate surface area is 187 Å². The van der Waals surface area contributed by atoms with Crippen LogP contribution in [-0.2, 0) is 21.4 Å². The molecule has 1 amide bonds. The van der Waals surface area contributed by atoms with Crippen molar-refractivity contribution in [3.63, 3.8) is 0 Å². The number of hydrogen-bond donors (Lipinski definition) is 1. The molecule has 31 heavy (non-hydrogen) atoms. The molecule has 1 heterocycles. The van der Waals surface area contributed by atoms with Gasteiger partial charge in [0.05, 0.1) is 21.7 Å². The number of carbonyl (C=O) groups is 1. The van der Waals surface area contributed by atoms with Crippen LogP contribution in [0.5, 0.6) is 0 Å². The fourth-order valence-electron chi connectivity index (χ4n) is 3.04. The zero-order chi connectivity index (χ0) is 22.6. The molecule has 0 atom stereocenters. The van der Waals surface area contributed by atoms with E-state index in [0.29, 0.717) is 11.6 Å². The number of thioether (sulfide) groups is 1. The number of carbonyl (C=O) groups excluding carboxylic acids is 1. The van der Waals surface area contributed by atoms with E-state index in [4.69, 9.17) is 4.98 Å². The van der Waals surface area contributed by atoms with Crippen LogP contribution < -0.4 is 5.32 Å². The monoisotopic (exact) mass is 460 g/mol. The van der Waals surface area contributed by atoms with Gasteiger partial charge >= 0.3 is 0 Å². The Hall–Kier alpha value is -2.36. The summed E-state index contributed by atoms with van der Waals surface area (Å²) in [6.07, 6.45) is 1.02. The highest BCUT2D eigenvalue weighted by atomic mass is 32.2. The molecule has 0 saturated carbocycles. The van der Waals surface area contributed by atoms with Crippen molar-refractivity contribution in [2.45, 2.75) is 36.9 Å². The molecular weight excluding hydrogens is 432 g/mol. The number of aromatic nitrogens is 2. The quantitative estimate of drug-likeness (QED) is 0.487. The van der Waals surface area contributed by atoms with E-state index in [1.807, 2.05) is 24.3 Å². The fourth-order valence-corrected chi connectivity index (χ4v) is 4.83. The van der Waals surface area contributed by atoms with Gasteiger partial charge in [0.1, 0.15) is 0 Å². The van der Waals surface area contributed by atoms with Gasteiger partial charge in [-0.15, -0.1) is 0 Å². The Balaban J connectivity index is 1.72. The fraction of sp³-hybridized carbons (Fsp3) is 0.364. The van der Waals surface area contributed by atoms with Gasteiger partial charge in [0.15, 0.2) is 5.16 Å². The molecule has 0 aliphatic heterocycles. The predicted octanol–water partition coefficient (Wildman–Crippen LogP) is 4.06. The van der Waals surface area contributed by atoms with E-state index in [0.717, 1.165) is 33.5 Å². The zero-order valence-corrected chi connectivity index (χ0v) is 19.8. The van der Waals surface area contributed by atoms with Gasteiger partial charge in [0.2, 0.25) is 15.9 Å². The molecule has 0 fully saturated rings. The molecule has 2 aromatic carbocycles. The van der Waals surface area contributed by atoms with Gasteiger partial charge in [-0.25, -0.2) is 17.7 Å². The Morgan fingerprint density at radius 2 is 1.90 bits per heavy atom. The number of fused-ring (bicyclic) bond motifs is 1. The molecule has 0 saturated heterocycles. The van der Waals surface area contributed by atoms with Gasteiger partial charge in [-0.1, -0.05) is 43.8 Å². The number of sulfonamides is 1. The highest BCUT2D eigenvalue weighted by Crippen LogP contribution is 2.25. The second-order valence-electron chi connectivity index (χ2n) is 7.87. The lowest BCUT2D eigenvalue weighted by atomic mass is 10.1. The number of nitrogens with zero attached hydrogens (tertiary/aromatic N) is 3. The lowest BCUT2D eigenvalue weighted by Gasteiger charge is -2.13. The lowest BCUT2D eigenvalue weighted by molar-refractivity contribution is -0.113. The Bertz CT molecular complexity index is 1170. The summed E-state index contributed by atoms with van der Waals surface area (Å²) in [5, 5.41) is 3.59.